The van der Waals surface area contributed by atoms with Crippen LogP contribution in [0.25, 0.3) is 0 Å². The maximum Gasteiger partial charge on any atom is 0.307 e. The fourth-order valence-corrected chi connectivity index (χ4v) is 2.29. The SMILES string of the molecule is CCCCCOC(=O)CCN(CCCCO)CCC(=O)OCCCC. The Labute approximate surface area is 152 Å². The molecule has 0 rings (SSSR count). The quantitative estimate of drug-likeness (QED) is 0.318. The fourth-order valence-electron chi connectivity index (χ4n) is 2.29. The van der Waals surface area contributed by atoms with Crippen molar-refractivity contribution in [2.24, 2.45) is 0 Å². The van der Waals surface area contributed by atoms with E-state index in [9.17, 15) is 9.59 Å². The number of hydrogen-bond acceptors (Lipinski definition) is 6. The average Bonchev–Trinajstić information content (AvgIpc) is 2.61. The Morgan fingerprint density at radius 2 is 1.32 bits per heavy atom. The van der Waals surface area contributed by atoms with Gasteiger partial charge in [-0.15, -0.1) is 0 Å². The van der Waals surface area contributed by atoms with Gasteiger partial charge in [-0.3, -0.25) is 9.59 Å². The van der Waals surface area contributed by atoms with E-state index in [2.05, 4.69) is 18.7 Å². The summed E-state index contributed by atoms with van der Waals surface area (Å²) in [4.78, 5) is 25.6. The van der Waals surface area contributed by atoms with Crippen LogP contribution < -0.4 is 0 Å². The van der Waals surface area contributed by atoms with E-state index in [0.717, 1.165) is 51.5 Å². The molecular weight excluding hydrogens is 322 g/mol. The predicted octanol–water partition coefficient (Wildman–Crippen LogP) is 2.92. The van der Waals surface area contributed by atoms with Gasteiger partial charge in [-0.25, -0.2) is 0 Å². The minimum absolute atomic E-state index is 0.159. The van der Waals surface area contributed by atoms with Crippen molar-refractivity contribution in [2.75, 3.05) is 39.5 Å². The Morgan fingerprint density at radius 1 is 0.760 bits per heavy atom. The highest BCUT2D eigenvalue weighted by molar-refractivity contribution is 5.70. The molecule has 0 aliphatic heterocycles. The molecule has 0 heterocycles. The third-order valence-electron chi connectivity index (χ3n) is 3.92. The molecule has 0 saturated carbocycles. The van der Waals surface area contributed by atoms with Crippen molar-refractivity contribution in [3.05, 3.63) is 0 Å². The second-order valence-corrected chi connectivity index (χ2v) is 6.27. The Morgan fingerprint density at radius 3 is 1.84 bits per heavy atom. The first-order valence-corrected chi connectivity index (χ1v) is 9.78. The molecule has 6 nitrogen and oxygen atoms in total. The van der Waals surface area contributed by atoms with Crippen molar-refractivity contribution in [3.8, 4) is 0 Å². The lowest BCUT2D eigenvalue weighted by atomic mass is 10.2. The molecule has 1 N–H and O–H groups in total. The van der Waals surface area contributed by atoms with E-state index in [-0.39, 0.29) is 18.5 Å². The van der Waals surface area contributed by atoms with Crippen molar-refractivity contribution in [2.45, 2.75) is 71.6 Å². The highest BCUT2D eigenvalue weighted by Gasteiger charge is 2.12. The zero-order valence-electron chi connectivity index (χ0n) is 16.1. The first-order valence-electron chi connectivity index (χ1n) is 9.78. The number of carbonyl (C=O) groups excluding carboxylic acids is 2. The maximum absolute atomic E-state index is 11.8. The van der Waals surface area contributed by atoms with Gasteiger partial charge >= 0.3 is 11.9 Å². The van der Waals surface area contributed by atoms with Crippen LogP contribution in [-0.2, 0) is 19.1 Å². The van der Waals surface area contributed by atoms with Gasteiger partial charge in [0.05, 0.1) is 26.1 Å². The zero-order valence-corrected chi connectivity index (χ0v) is 16.1. The van der Waals surface area contributed by atoms with Crippen molar-refractivity contribution in [1.29, 1.82) is 0 Å². The molecule has 0 unspecified atom stereocenters. The Hall–Kier alpha value is -1.14. The Balaban J connectivity index is 4.06. The summed E-state index contributed by atoms with van der Waals surface area (Å²) in [7, 11) is 0. The second-order valence-electron chi connectivity index (χ2n) is 6.27. The monoisotopic (exact) mass is 359 g/mol. The van der Waals surface area contributed by atoms with Crippen LogP contribution in [0.5, 0.6) is 0 Å². The lowest BCUT2D eigenvalue weighted by molar-refractivity contribution is -0.144. The van der Waals surface area contributed by atoms with Crippen LogP contribution in [-0.4, -0.2) is 61.4 Å². The number of esters is 2. The molecule has 0 aromatic carbocycles. The van der Waals surface area contributed by atoms with Crippen LogP contribution in [0.2, 0.25) is 0 Å². The normalized spacial score (nSPS) is 10.9. The highest BCUT2D eigenvalue weighted by Crippen LogP contribution is 2.03. The van der Waals surface area contributed by atoms with Gasteiger partial charge in [-0.05, 0) is 32.2 Å². The molecule has 0 amide bonds. The van der Waals surface area contributed by atoms with E-state index in [1.54, 1.807) is 0 Å². The summed E-state index contributed by atoms with van der Waals surface area (Å²) in [5.74, 6) is -0.378. The molecule has 0 aromatic heterocycles. The number of aliphatic hydroxyl groups is 1. The van der Waals surface area contributed by atoms with Crippen molar-refractivity contribution < 1.29 is 24.2 Å². The van der Waals surface area contributed by atoms with Gasteiger partial charge in [-0.2, -0.15) is 0 Å². The Kier molecular flexibility index (Phi) is 16.9. The minimum Gasteiger partial charge on any atom is -0.466 e. The number of nitrogens with zero attached hydrogens (tertiary/aromatic N) is 1. The third-order valence-corrected chi connectivity index (χ3v) is 3.92. The molecule has 6 heteroatoms. The summed E-state index contributed by atoms with van der Waals surface area (Å²) in [5.41, 5.74) is 0. The number of aliphatic hydroxyl groups excluding tert-OH is 1. The summed E-state index contributed by atoms with van der Waals surface area (Å²) < 4.78 is 10.4. The van der Waals surface area contributed by atoms with Gasteiger partial charge in [0, 0.05) is 19.7 Å². The summed E-state index contributed by atoms with van der Waals surface area (Å²) in [6.45, 7) is 7.18. The lowest BCUT2D eigenvalue weighted by Gasteiger charge is -2.21. The van der Waals surface area contributed by atoms with Crippen molar-refractivity contribution >= 4 is 11.9 Å². The second kappa shape index (κ2) is 17.7. The number of ether oxygens (including phenoxy) is 2. The van der Waals surface area contributed by atoms with Gasteiger partial charge in [0.2, 0.25) is 0 Å². The number of hydrogen-bond donors (Lipinski definition) is 1. The van der Waals surface area contributed by atoms with E-state index in [4.69, 9.17) is 14.6 Å². The maximum atomic E-state index is 11.8. The molecule has 0 radical (unpaired) electrons. The molecule has 0 fully saturated rings. The largest absolute Gasteiger partial charge is 0.466 e. The first-order chi connectivity index (χ1) is 12.1. The molecule has 25 heavy (non-hydrogen) atoms. The molecule has 0 aromatic rings. The van der Waals surface area contributed by atoms with Gasteiger partial charge in [0.1, 0.15) is 0 Å². The number of carbonyl (C=O) groups is 2. The number of unbranched alkanes of at least 4 members (excludes halogenated alkanes) is 4. The van der Waals surface area contributed by atoms with E-state index in [1.165, 1.54) is 0 Å². The average molecular weight is 360 g/mol. The van der Waals surface area contributed by atoms with Crippen LogP contribution >= 0.6 is 0 Å². The minimum atomic E-state index is -0.192. The highest BCUT2D eigenvalue weighted by atomic mass is 16.5. The van der Waals surface area contributed by atoms with E-state index in [1.807, 2.05) is 0 Å². The molecule has 0 bridgehead atoms. The topological polar surface area (TPSA) is 76.1 Å². The van der Waals surface area contributed by atoms with E-state index in [0.29, 0.717) is 39.1 Å². The van der Waals surface area contributed by atoms with E-state index >= 15 is 0 Å². The lowest BCUT2D eigenvalue weighted by Crippen LogP contribution is -2.31. The summed E-state index contributed by atoms with van der Waals surface area (Å²) in [6.07, 6.45) is 7.18. The Bertz CT molecular complexity index is 336. The summed E-state index contributed by atoms with van der Waals surface area (Å²) >= 11 is 0. The summed E-state index contributed by atoms with van der Waals surface area (Å²) in [6, 6.07) is 0. The molecule has 0 spiro atoms. The van der Waals surface area contributed by atoms with Crippen LogP contribution in [0.4, 0.5) is 0 Å². The van der Waals surface area contributed by atoms with Crippen LogP contribution in [0.3, 0.4) is 0 Å². The molecule has 0 saturated heterocycles. The molecule has 0 aliphatic carbocycles. The van der Waals surface area contributed by atoms with Crippen molar-refractivity contribution in [3.63, 3.8) is 0 Å². The predicted molar refractivity (Wildman–Crippen MR) is 98.3 cm³/mol. The number of rotatable bonds is 17. The van der Waals surface area contributed by atoms with Gasteiger partial charge in [0.25, 0.3) is 0 Å². The molecule has 0 atom stereocenters. The standard InChI is InChI=1S/C19H37NO5/c1-3-5-9-17-25-19(23)11-14-20(12-7-8-15-21)13-10-18(22)24-16-6-4-2/h21H,3-17H2,1-2H3. The van der Waals surface area contributed by atoms with Crippen molar-refractivity contribution in [1.82, 2.24) is 4.90 Å². The molecular formula is C19H37NO5. The summed E-state index contributed by atoms with van der Waals surface area (Å²) in [5, 5.41) is 8.91. The van der Waals surface area contributed by atoms with Gasteiger partial charge < -0.3 is 19.5 Å². The fraction of sp³-hybridized carbons (Fsp3) is 0.895. The first kappa shape index (κ1) is 23.9. The molecule has 148 valence electrons. The van der Waals surface area contributed by atoms with E-state index < -0.39 is 0 Å². The van der Waals surface area contributed by atoms with Gasteiger partial charge in [-0.1, -0.05) is 33.1 Å². The van der Waals surface area contributed by atoms with Gasteiger partial charge in [0.15, 0.2) is 0 Å². The zero-order chi connectivity index (χ0) is 18.8. The smallest absolute Gasteiger partial charge is 0.307 e. The van der Waals surface area contributed by atoms with Crippen LogP contribution in [0.15, 0.2) is 0 Å². The van der Waals surface area contributed by atoms with Crippen LogP contribution in [0.1, 0.15) is 71.6 Å². The molecule has 0 aliphatic rings. The third kappa shape index (κ3) is 16.1. The van der Waals surface area contributed by atoms with Crippen LogP contribution in [0, 0.1) is 0 Å².